The second kappa shape index (κ2) is 8.42. The smallest absolute Gasteiger partial charge is 0.0403 e. The van der Waals surface area contributed by atoms with Crippen molar-refractivity contribution in [2.75, 3.05) is 37.6 Å². The van der Waals surface area contributed by atoms with Gasteiger partial charge in [-0.25, -0.2) is 0 Å². The second-order valence-corrected chi connectivity index (χ2v) is 8.59. The summed E-state index contributed by atoms with van der Waals surface area (Å²) >= 11 is 0. The van der Waals surface area contributed by atoms with Gasteiger partial charge in [-0.3, -0.25) is 4.90 Å². The van der Waals surface area contributed by atoms with Gasteiger partial charge in [0.05, 0.1) is 0 Å². The van der Waals surface area contributed by atoms with Crippen molar-refractivity contribution in [2.24, 2.45) is 5.92 Å². The zero-order chi connectivity index (χ0) is 19.5. The van der Waals surface area contributed by atoms with Crippen LogP contribution in [0.4, 0.5) is 5.69 Å². The SMILES string of the molecule is c1ccc(Cc2ccccc2N2CCN(CC3CC3c3ccccc3)CC2)cc1. The number of rotatable bonds is 6. The number of hydrogen-bond donors (Lipinski definition) is 0. The van der Waals surface area contributed by atoms with Crippen LogP contribution in [0.2, 0.25) is 0 Å². The highest BCUT2D eigenvalue weighted by atomic mass is 15.3. The molecular formula is C27H30N2. The zero-order valence-electron chi connectivity index (χ0n) is 17.1. The first kappa shape index (κ1) is 18.4. The quantitative estimate of drug-likeness (QED) is 0.578. The minimum atomic E-state index is 0.792. The Morgan fingerprint density at radius 3 is 2.10 bits per heavy atom. The maximum absolute atomic E-state index is 2.68. The molecule has 0 amide bonds. The van der Waals surface area contributed by atoms with E-state index < -0.39 is 0 Å². The molecule has 0 bridgehead atoms. The van der Waals surface area contributed by atoms with Gasteiger partial charge >= 0.3 is 0 Å². The van der Waals surface area contributed by atoms with Crippen LogP contribution in [0.3, 0.4) is 0 Å². The molecule has 2 heteroatoms. The third-order valence-electron chi connectivity index (χ3n) is 6.59. The molecule has 2 nitrogen and oxygen atoms in total. The topological polar surface area (TPSA) is 6.48 Å². The van der Waals surface area contributed by atoms with Crippen LogP contribution >= 0.6 is 0 Å². The Kier molecular flexibility index (Phi) is 5.36. The summed E-state index contributed by atoms with van der Waals surface area (Å²) in [5.74, 6) is 1.65. The van der Waals surface area contributed by atoms with Crippen molar-refractivity contribution in [1.82, 2.24) is 4.90 Å². The molecule has 0 spiro atoms. The Morgan fingerprint density at radius 2 is 1.34 bits per heavy atom. The molecule has 0 radical (unpaired) electrons. The molecule has 1 heterocycles. The Hall–Kier alpha value is -2.58. The first-order valence-electron chi connectivity index (χ1n) is 11.0. The largest absolute Gasteiger partial charge is 0.369 e. The maximum Gasteiger partial charge on any atom is 0.0403 e. The van der Waals surface area contributed by atoms with Crippen LogP contribution in [0.1, 0.15) is 29.0 Å². The summed E-state index contributed by atoms with van der Waals surface area (Å²) in [6, 6.07) is 30.9. The number of piperazine rings is 1. The molecule has 2 atom stereocenters. The average Bonchev–Trinajstić information content (AvgIpc) is 3.55. The maximum atomic E-state index is 2.68. The Labute approximate surface area is 174 Å². The minimum Gasteiger partial charge on any atom is -0.369 e. The van der Waals surface area contributed by atoms with Gasteiger partial charge in [-0.15, -0.1) is 0 Å². The molecule has 1 aliphatic carbocycles. The number of para-hydroxylation sites is 1. The Bertz CT molecular complexity index is 914. The zero-order valence-corrected chi connectivity index (χ0v) is 17.1. The van der Waals surface area contributed by atoms with E-state index in [2.05, 4.69) is 94.7 Å². The summed E-state index contributed by atoms with van der Waals surface area (Å²) in [4.78, 5) is 5.28. The molecule has 1 aliphatic heterocycles. The summed E-state index contributed by atoms with van der Waals surface area (Å²) in [7, 11) is 0. The molecule has 3 aromatic carbocycles. The van der Waals surface area contributed by atoms with Gasteiger partial charge in [0.1, 0.15) is 0 Å². The van der Waals surface area contributed by atoms with E-state index in [-0.39, 0.29) is 0 Å². The molecule has 0 aromatic heterocycles. The fourth-order valence-corrected chi connectivity index (χ4v) is 4.85. The summed E-state index contributed by atoms with van der Waals surface area (Å²) in [6.07, 6.45) is 2.38. The van der Waals surface area contributed by atoms with Crippen LogP contribution in [-0.4, -0.2) is 37.6 Å². The van der Waals surface area contributed by atoms with Crippen molar-refractivity contribution < 1.29 is 0 Å². The lowest BCUT2D eigenvalue weighted by Crippen LogP contribution is -2.47. The van der Waals surface area contributed by atoms with Crippen molar-refractivity contribution in [1.29, 1.82) is 0 Å². The molecule has 148 valence electrons. The van der Waals surface area contributed by atoms with Gasteiger partial charge in [-0.1, -0.05) is 78.9 Å². The van der Waals surface area contributed by atoms with Crippen molar-refractivity contribution in [3.8, 4) is 0 Å². The third kappa shape index (κ3) is 4.38. The van der Waals surface area contributed by atoms with Crippen LogP contribution in [0.5, 0.6) is 0 Å². The van der Waals surface area contributed by atoms with E-state index in [1.54, 1.807) is 0 Å². The van der Waals surface area contributed by atoms with Gasteiger partial charge in [0, 0.05) is 38.4 Å². The first-order valence-corrected chi connectivity index (χ1v) is 11.0. The molecule has 2 fully saturated rings. The standard InChI is InChI=1S/C27H30N2/c1-3-9-22(10-4-1)19-24-13-7-8-14-27(24)29-17-15-28(16-18-29)21-25-20-26(25)23-11-5-2-6-12-23/h1-14,25-26H,15-21H2. The fourth-order valence-electron chi connectivity index (χ4n) is 4.85. The van der Waals surface area contributed by atoms with E-state index in [0.717, 1.165) is 31.3 Å². The van der Waals surface area contributed by atoms with Crippen molar-refractivity contribution in [3.63, 3.8) is 0 Å². The van der Waals surface area contributed by atoms with E-state index in [1.165, 1.54) is 48.4 Å². The minimum absolute atomic E-state index is 0.792. The monoisotopic (exact) mass is 382 g/mol. The van der Waals surface area contributed by atoms with E-state index in [0.29, 0.717) is 0 Å². The third-order valence-corrected chi connectivity index (χ3v) is 6.59. The van der Waals surface area contributed by atoms with E-state index in [1.807, 2.05) is 0 Å². The number of nitrogens with zero attached hydrogens (tertiary/aromatic N) is 2. The predicted octanol–water partition coefficient (Wildman–Crippen LogP) is 5.20. The number of benzene rings is 3. The van der Waals surface area contributed by atoms with Crippen LogP contribution in [-0.2, 0) is 6.42 Å². The lowest BCUT2D eigenvalue weighted by atomic mass is 10.0. The van der Waals surface area contributed by atoms with Gasteiger partial charge in [-0.05, 0) is 47.4 Å². The van der Waals surface area contributed by atoms with E-state index in [9.17, 15) is 0 Å². The molecule has 1 saturated heterocycles. The molecule has 0 N–H and O–H groups in total. The lowest BCUT2D eigenvalue weighted by Gasteiger charge is -2.37. The summed E-state index contributed by atoms with van der Waals surface area (Å²) < 4.78 is 0. The average molecular weight is 383 g/mol. The first-order chi connectivity index (χ1) is 14.4. The van der Waals surface area contributed by atoms with Crippen LogP contribution < -0.4 is 4.90 Å². The highest BCUT2D eigenvalue weighted by Gasteiger charge is 2.39. The van der Waals surface area contributed by atoms with E-state index in [4.69, 9.17) is 0 Å². The normalized spacial score (nSPS) is 21.9. The molecule has 2 unspecified atom stereocenters. The molecule has 29 heavy (non-hydrogen) atoms. The van der Waals surface area contributed by atoms with Crippen LogP contribution in [0, 0.1) is 5.92 Å². The van der Waals surface area contributed by atoms with Crippen molar-refractivity contribution in [2.45, 2.75) is 18.8 Å². The highest BCUT2D eigenvalue weighted by molar-refractivity contribution is 5.55. The molecular weight excluding hydrogens is 352 g/mol. The molecule has 2 aliphatic rings. The number of hydrogen-bond acceptors (Lipinski definition) is 2. The van der Waals surface area contributed by atoms with Gasteiger partial charge in [0.25, 0.3) is 0 Å². The van der Waals surface area contributed by atoms with Gasteiger partial charge in [-0.2, -0.15) is 0 Å². The summed E-state index contributed by atoms with van der Waals surface area (Å²) in [6.45, 7) is 5.89. The van der Waals surface area contributed by atoms with Crippen molar-refractivity contribution in [3.05, 3.63) is 102 Å². The Morgan fingerprint density at radius 1 is 0.690 bits per heavy atom. The molecule has 5 rings (SSSR count). The Balaban J connectivity index is 1.18. The summed E-state index contributed by atoms with van der Waals surface area (Å²) in [5.41, 5.74) is 5.79. The van der Waals surface area contributed by atoms with Crippen LogP contribution in [0.15, 0.2) is 84.9 Å². The molecule has 3 aromatic rings. The number of anilines is 1. The van der Waals surface area contributed by atoms with E-state index >= 15 is 0 Å². The van der Waals surface area contributed by atoms with Gasteiger partial charge in [0.2, 0.25) is 0 Å². The van der Waals surface area contributed by atoms with Gasteiger partial charge < -0.3 is 4.90 Å². The predicted molar refractivity (Wildman–Crippen MR) is 122 cm³/mol. The van der Waals surface area contributed by atoms with Crippen LogP contribution in [0.25, 0.3) is 0 Å². The molecule has 1 saturated carbocycles. The van der Waals surface area contributed by atoms with Gasteiger partial charge in [0.15, 0.2) is 0 Å². The summed E-state index contributed by atoms with van der Waals surface area (Å²) in [5, 5.41) is 0. The fraction of sp³-hybridized carbons (Fsp3) is 0.333. The van der Waals surface area contributed by atoms with Crippen molar-refractivity contribution >= 4 is 5.69 Å². The second-order valence-electron chi connectivity index (χ2n) is 8.59. The highest BCUT2D eigenvalue weighted by Crippen LogP contribution is 2.47. The lowest BCUT2D eigenvalue weighted by molar-refractivity contribution is 0.246.